The molecule has 0 spiro atoms. The Hall–Kier alpha value is -0.880. The summed E-state index contributed by atoms with van der Waals surface area (Å²) in [7, 11) is -0.873. The van der Waals surface area contributed by atoms with Gasteiger partial charge in [0, 0.05) is 35.9 Å². The highest BCUT2D eigenvalue weighted by Gasteiger charge is 2.09. The molecule has 102 valence electrons. The molecule has 1 N–H and O–H groups in total. The molecule has 0 fully saturated rings. The first-order valence-electron chi connectivity index (χ1n) is 5.71. The van der Waals surface area contributed by atoms with Crippen molar-refractivity contribution < 1.29 is 4.21 Å². The van der Waals surface area contributed by atoms with Crippen LogP contribution in [0.25, 0.3) is 0 Å². The Labute approximate surface area is 114 Å². The van der Waals surface area contributed by atoms with E-state index in [-0.39, 0.29) is 10.6 Å². The summed E-state index contributed by atoms with van der Waals surface area (Å²) in [5, 5.41) is 7.16. The highest BCUT2D eigenvalue weighted by Crippen LogP contribution is 2.15. The van der Waals surface area contributed by atoms with E-state index in [4.69, 9.17) is 11.6 Å². The number of rotatable bonds is 6. The highest BCUT2D eigenvalue weighted by molar-refractivity contribution is 7.84. The van der Waals surface area contributed by atoms with Gasteiger partial charge in [0.25, 0.3) is 5.56 Å². The standard InChI is InChI=1S/C11H18ClN3O2S/c1-8(2)7-15-11(16)10(12)9(6-14-15)13-4-5-18(3)17/h6,8,13H,4-5,7H2,1-3H3. The van der Waals surface area contributed by atoms with Crippen LogP contribution in [0.1, 0.15) is 13.8 Å². The van der Waals surface area contributed by atoms with E-state index in [0.29, 0.717) is 30.4 Å². The zero-order valence-corrected chi connectivity index (χ0v) is 12.3. The molecule has 1 aromatic heterocycles. The molecule has 0 aliphatic carbocycles. The van der Waals surface area contributed by atoms with Gasteiger partial charge in [0.2, 0.25) is 0 Å². The summed E-state index contributed by atoms with van der Waals surface area (Å²) < 4.78 is 12.3. The van der Waals surface area contributed by atoms with Crippen LogP contribution in [-0.2, 0) is 17.3 Å². The molecule has 0 aromatic carbocycles. The van der Waals surface area contributed by atoms with Crippen molar-refractivity contribution in [3.63, 3.8) is 0 Å². The van der Waals surface area contributed by atoms with E-state index in [9.17, 15) is 9.00 Å². The second-order valence-electron chi connectivity index (χ2n) is 4.46. The molecule has 7 heteroatoms. The van der Waals surface area contributed by atoms with Crippen LogP contribution in [-0.4, -0.2) is 32.5 Å². The van der Waals surface area contributed by atoms with Crippen LogP contribution in [0.15, 0.2) is 11.0 Å². The molecular formula is C11H18ClN3O2S. The summed E-state index contributed by atoms with van der Waals surface area (Å²) >= 11 is 5.99. The van der Waals surface area contributed by atoms with Crippen LogP contribution in [0.4, 0.5) is 5.69 Å². The average Bonchev–Trinajstić information content (AvgIpc) is 2.27. The van der Waals surface area contributed by atoms with E-state index >= 15 is 0 Å². The molecule has 1 atom stereocenters. The number of nitrogens with zero attached hydrogens (tertiary/aromatic N) is 2. The van der Waals surface area contributed by atoms with Gasteiger partial charge in [0.1, 0.15) is 5.02 Å². The van der Waals surface area contributed by atoms with Crippen LogP contribution < -0.4 is 10.9 Å². The molecule has 0 aliphatic heterocycles. The highest BCUT2D eigenvalue weighted by atomic mass is 35.5. The Kier molecular flexibility index (Phi) is 5.81. The van der Waals surface area contributed by atoms with Gasteiger partial charge >= 0.3 is 0 Å². The Balaban J connectivity index is 2.81. The van der Waals surface area contributed by atoms with Gasteiger partial charge in [0.05, 0.1) is 11.9 Å². The Bertz CT molecular complexity index is 488. The molecule has 0 amide bonds. The summed E-state index contributed by atoms with van der Waals surface area (Å²) in [6.07, 6.45) is 3.16. The third-order valence-electron chi connectivity index (χ3n) is 2.23. The largest absolute Gasteiger partial charge is 0.381 e. The van der Waals surface area contributed by atoms with E-state index in [2.05, 4.69) is 10.4 Å². The van der Waals surface area contributed by atoms with Crippen molar-refractivity contribution in [1.82, 2.24) is 9.78 Å². The van der Waals surface area contributed by atoms with E-state index in [1.807, 2.05) is 13.8 Å². The summed E-state index contributed by atoms with van der Waals surface area (Å²) in [4.78, 5) is 11.9. The lowest BCUT2D eigenvalue weighted by atomic mass is 10.2. The number of hydrogen-bond acceptors (Lipinski definition) is 4. The van der Waals surface area contributed by atoms with Crippen molar-refractivity contribution >= 4 is 28.1 Å². The van der Waals surface area contributed by atoms with Gasteiger partial charge < -0.3 is 5.32 Å². The van der Waals surface area contributed by atoms with Crippen LogP contribution in [0.3, 0.4) is 0 Å². The lowest BCUT2D eigenvalue weighted by molar-refractivity contribution is 0.464. The third kappa shape index (κ3) is 4.42. The molecule has 18 heavy (non-hydrogen) atoms. The molecule has 1 aromatic rings. The normalized spacial score (nSPS) is 12.7. The molecule has 0 saturated carbocycles. The van der Waals surface area contributed by atoms with Gasteiger partial charge in [-0.2, -0.15) is 5.10 Å². The van der Waals surface area contributed by atoms with Gasteiger partial charge in [-0.3, -0.25) is 9.00 Å². The zero-order valence-electron chi connectivity index (χ0n) is 10.8. The second kappa shape index (κ2) is 6.89. The van der Waals surface area contributed by atoms with Crippen molar-refractivity contribution in [2.75, 3.05) is 23.9 Å². The molecule has 1 rings (SSSR count). The lowest BCUT2D eigenvalue weighted by Gasteiger charge is -2.11. The lowest BCUT2D eigenvalue weighted by Crippen LogP contribution is -2.26. The first-order chi connectivity index (χ1) is 8.41. The van der Waals surface area contributed by atoms with Gasteiger partial charge in [-0.05, 0) is 5.92 Å². The fraction of sp³-hybridized carbons (Fsp3) is 0.636. The first-order valence-corrected chi connectivity index (χ1v) is 7.82. The maximum absolute atomic E-state index is 11.9. The van der Waals surface area contributed by atoms with Gasteiger partial charge in [-0.1, -0.05) is 25.4 Å². The quantitative estimate of drug-likeness (QED) is 0.859. The predicted molar refractivity (Wildman–Crippen MR) is 75.8 cm³/mol. The van der Waals surface area contributed by atoms with Crippen molar-refractivity contribution in [1.29, 1.82) is 0 Å². The maximum Gasteiger partial charge on any atom is 0.287 e. The topological polar surface area (TPSA) is 64.0 Å². The van der Waals surface area contributed by atoms with E-state index in [1.54, 1.807) is 6.26 Å². The second-order valence-corrected chi connectivity index (χ2v) is 6.39. The zero-order chi connectivity index (χ0) is 13.7. The Morgan fingerprint density at radius 2 is 2.22 bits per heavy atom. The van der Waals surface area contributed by atoms with Crippen LogP contribution in [0.5, 0.6) is 0 Å². The summed E-state index contributed by atoms with van der Waals surface area (Å²) in [6, 6.07) is 0. The predicted octanol–water partition coefficient (Wildman–Crippen LogP) is 1.34. The molecule has 0 radical (unpaired) electrons. The maximum atomic E-state index is 11.9. The van der Waals surface area contributed by atoms with Gasteiger partial charge in [-0.25, -0.2) is 4.68 Å². The number of anilines is 1. The Morgan fingerprint density at radius 1 is 1.56 bits per heavy atom. The molecule has 1 heterocycles. The summed E-state index contributed by atoms with van der Waals surface area (Å²) in [5.41, 5.74) is 0.195. The summed E-state index contributed by atoms with van der Waals surface area (Å²) in [6.45, 7) is 5.05. The molecular weight excluding hydrogens is 274 g/mol. The minimum absolute atomic E-state index is 0.132. The van der Waals surface area contributed by atoms with Crippen molar-refractivity contribution in [2.24, 2.45) is 5.92 Å². The van der Waals surface area contributed by atoms with Crippen molar-refractivity contribution in [2.45, 2.75) is 20.4 Å². The minimum atomic E-state index is -0.873. The smallest absolute Gasteiger partial charge is 0.287 e. The van der Waals surface area contributed by atoms with Gasteiger partial charge in [0.15, 0.2) is 0 Å². The van der Waals surface area contributed by atoms with E-state index in [0.717, 1.165) is 0 Å². The fourth-order valence-electron chi connectivity index (χ4n) is 1.39. The number of nitrogens with one attached hydrogen (secondary N) is 1. The molecule has 5 nitrogen and oxygen atoms in total. The van der Waals surface area contributed by atoms with Crippen molar-refractivity contribution in [3.05, 3.63) is 21.6 Å². The SMILES string of the molecule is CC(C)Cn1ncc(NCCS(C)=O)c(Cl)c1=O. The van der Waals surface area contributed by atoms with Crippen LogP contribution in [0.2, 0.25) is 5.02 Å². The van der Waals surface area contributed by atoms with Crippen LogP contribution >= 0.6 is 11.6 Å². The average molecular weight is 292 g/mol. The number of aromatic nitrogens is 2. The molecule has 1 unspecified atom stereocenters. The van der Waals surface area contributed by atoms with Gasteiger partial charge in [-0.15, -0.1) is 0 Å². The number of hydrogen-bond donors (Lipinski definition) is 1. The number of halogens is 1. The Morgan fingerprint density at radius 3 is 2.78 bits per heavy atom. The molecule has 0 bridgehead atoms. The van der Waals surface area contributed by atoms with E-state index < -0.39 is 10.8 Å². The fourth-order valence-corrected chi connectivity index (χ4v) is 2.00. The molecule has 0 saturated heterocycles. The van der Waals surface area contributed by atoms with E-state index in [1.165, 1.54) is 10.9 Å². The van der Waals surface area contributed by atoms with Crippen LogP contribution in [0, 0.1) is 5.92 Å². The minimum Gasteiger partial charge on any atom is -0.381 e. The molecule has 0 aliphatic rings. The third-order valence-corrected chi connectivity index (χ3v) is 3.37. The monoisotopic (exact) mass is 291 g/mol. The summed E-state index contributed by atoms with van der Waals surface area (Å²) in [5.74, 6) is 0.832. The first kappa shape index (κ1) is 15.2. The van der Waals surface area contributed by atoms with Crippen molar-refractivity contribution in [3.8, 4) is 0 Å².